The van der Waals surface area contributed by atoms with Crippen molar-refractivity contribution in [2.75, 3.05) is 0 Å². The number of hydrogen-bond donors (Lipinski definition) is 5. The van der Waals surface area contributed by atoms with Crippen LogP contribution in [-0.4, -0.2) is 33.4 Å². The Morgan fingerprint density at radius 3 is 2.46 bits per heavy atom. The van der Waals surface area contributed by atoms with E-state index in [1.807, 2.05) is 19.1 Å². The fourth-order valence-electron chi connectivity index (χ4n) is 4.62. The van der Waals surface area contributed by atoms with Crippen LogP contribution >= 0.6 is 22.4 Å². The molecule has 15 heteroatoms. The number of sulfonamides is 1. The molecule has 2 atom stereocenters. The van der Waals surface area contributed by atoms with Crippen LogP contribution in [0.5, 0.6) is 0 Å². The number of nitrogens with one attached hydrogen (secondary N) is 3. The second kappa shape index (κ2) is 10.6. The molecule has 2 heterocycles. The lowest BCUT2D eigenvalue weighted by atomic mass is 10.0. The van der Waals surface area contributed by atoms with E-state index in [0.717, 1.165) is 17.7 Å². The molecule has 1 aliphatic heterocycles. The van der Waals surface area contributed by atoms with E-state index in [0.29, 0.717) is 28.2 Å². The van der Waals surface area contributed by atoms with Gasteiger partial charge in [-0.3, -0.25) is 18.6 Å². The van der Waals surface area contributed by atoms with Gasteiger partial charge in [0.2, 0.25) is 15.9 Å². The highest BCUT2D eigenvalue weighted by atomic mass is 35.5. The van der Waals surface area contributed by atoms with Crippen molar-refractivity contribution < 1.29 is 35.5 Å². The molecule has 0 bridgehead atoms. The van der Waals surface area contributed by atoms with Gasteiger partial charge in [-0.1, -0.05) is 41.9 Å². The summed E-state index contributed by atoms with van der Waals surface area (Å²) >= 11 is 5.68. The maximum Gasteiger partial charge on any atom is 0.417 e. The van der Waals surface area contributed by atoms with Crippen LogP contribution in [0.1, 0.15) is 45.8 Å². The van der Waals surface area contributed by atoms with Gasteiger partial charge in [0.1, 0.15) is 11.1 Å². The normalized spacial score (nSPS) is 18.8. The number of rotatable bonds is 7. The van der Waals surface area contributed by atoms with E-state index in [2.05, 4.69) is 19.4 Å². The molecule has 1 saturated heterocycles. The zero-order valence-corrected chi connectivity index (χ0v) is 23.6. The molecule has 1 aromatic heterocycles. The maximum absolute atomic E-state index is 13.4. The van der Waals surface area contributed by atoms with Crippen molar-refractivity contribution in [3.8, 4) is 0 Å². The number of aromatic amines is 1. The van der Waals surface area contributed by atoms with Gasteiger partial charge in [0, 0.05) is 0 Å². The Bertz CT molecular complexity index is 1740. The summed E-state index contributed by atoms with van der Waals surface area (Å²) in [6, 6.07) is 13.3. The van der Waals surface area contributed by atoms with Gasteiger partial charge in [0.05, 0.1) is 39.0 Å². The number of halogens is 4. The highest BCUT2D eigenvalue weighted by molar-refractivity contribution is 8.23. The summed E-state index contributed by atoms with van der Waals surface area (Å²) in [5.74, 6) is -0.243. The molecular weight excluding hydrogens is 605 g/mol. The summed E-state index contributed by atoms with van der Waals surface area (Å²) in [5, 5.41) is -1.46. The second-order valence-electron chi connectivity index (χ2n) is 9.71. The Hall–Kier alpha value is -3.14. The number of nitrogens with zero attached hydrogens (tertiary/aromatic N) is 1. The molecular formula is C26H24ClF3N4O5S2. The number of amides is 1. The topological polar surface area (TPSA) is 144 Å². The number of imidazole rings is 1. The third kappa shape index (κ3) is 6.22. The molecule has 0 spiro atoms. The molecule has 5 N–H and O–H groups in total. The van der Waals surface area contributed by atoms with Crippen molar-refractivity contribution in [1.29, 1.82) is 0 Å². The zero-order chi connectivity index (χ0) is 29.7. The highest BCUT2D eigenvalue weighted by Crippen LogP contribution is 2.56. The molecule has 1 aliphatic rings. The summed E-state index contributed by atoms with van der Waals surface area (Å²) in [7, 11) is -7.85. The maximum atomic E-state index is 13.4. The lowest BCUT2D eigenvalue weighted by Gasteiger charge is -2.32. The SMILES string of the molecule is Cc1ccc2nc([C@H](Cc3ccc(C4CC(=O)NS4(O)O)cc3)NS(=O)(=O)c3ccc(Cl)c(C(F)(F)F)c3)[nH]c2c1. The van der Waals surface area contributed by atoms with Crippen LogP contribution in [0.2, 0.25) is 5.02 Å². The molecule has 3 aromatic carbocycles. The Balaban J connectivity index is 1.49. The van der Waals surface area contributed by atoms with E-state index in [-0.39, 0.29) is 18.7 Å². The minimum Gasteiger partial charge on any atom is -0.341 e. The first-order valence-electron chi connectivity index (χ1n) is 12.1. The third-order valence-electron chi connectivity index (χ3n) is 6.66. The van der Waals surface area contributed by atoms with Gasteiger partial charge in [0.15, 0.2) is 0 Å². The van der Waals surface area contributed by atoms with Crippen molar-refractivity contribution in [2.45, 2.75) is 42.1 Å². The summed E-state index contributed by atoms with van der Waals surface area (Å²) in [6.45, 7) is 1.88. The third-order valence-corrected chi connectivity index (χ3v) is 10.2. The van der Waals surface area contributed by atoms with Crippen molar-refractivity contribution in [1.82, 2.24) is 19.4 Å². The fraction of sp³-hybridized carbons (Fsp3) is 0.231. The fourth-order valence-corrected chi connectivity index (χ4v) is 7.55. The Morgan fingerprint density at radius 2 is 1.83 bits per heavy atom. The van der Waals surface area contributed by atoms with Crippen molar-refractivity contribution in [3.05, 3.63) is 93.8 Å². The van der Waals surface area contributed by atoms with Crippen LogP contribution in [0.3, 0.4) is 0 Å². The number of aromatic nitrogens is 2. The highest BCUT2D eigenvalue weighted by Gasteiger charge is 2.38. The zero-order valence-electron chi connectivity index (χ0n) is 21.2. The molecule has 1 fully saturated rings. The predicted octanol–water partition coefficient (Wildman–Crippen LogP) is 6.03. The lowest BCUT2D eigenvalue weighted by Crippen LogP contribution is -2.31. The molecule has 1 unspecified atom stereocenters. The van der Waals surface area contributed by atoms with Gasteiger partial charge in [-0.25, -0.2) is 18.1 Å². The summed E-state index contributed by atoms with van der Waals surface area (Å²) < 4.78 is 92.0. The van der Waals surface area contributed by atoms with Crippen molar-refractivity contribution in [2.24, 2.45) is 0 Å². The Morgan fingerprint density at radius 1 is 1.12 bits per heavy atom. The Kier molecular flexibility index (Phi) is 7.59. The van der Waals surface area contributed by atoms with E-state index in [9.17, 15) is 35.5 Å². The lowest BCUT2D eigenvalue weighted by molar-refractivity contribution is -0.137. The van der Waals surface area contributed by atoms with E-state index in [1.54, 1.807) is 30.3 Å². The van der Waals surface area contributed by atoms with Gasteiger partial charge in [-0.05, 0) is 60.4 Å². The van der Waals surface area contributed by atoms with Crippen LogP contribution < -0.4 is 9.44 Å². The molecule has 0 aliphatic carbocycles. The first-order valence-corrected chi connectivity index (χ1v) is 15.6. The predicted molar refractivity (Wildman–Crippen MR) is 149 cm³/mol. The quantitative estimate of drug-likeness (QED) is 0.169. The van der Waals surface area contributed by atoms with Crippen molar-refractivity contribution in [3.63, 3.8) is 0 Å². The summed E-state index contributed by atoms with van der Waals surface area (Å²) in [5.41, 5.74) is 1.99. The molecule has 9 nitrogen and oxygen atoms in total. The minimum atomic E-state index is -4.86. The van der Waals surface area contributed by atoms with Crippen LogP contribution in [-0.2, 0) is 27.4 Å². The Labute approximate surface area is 239 Å². The monoisotopic (exact) mass is 628 g/mol. The molecule has 218 valence electrons. The van der Waals surface area contributed by atoms with Gasteiger partial charge in [0.25, 0.3) is 0 Å². The average molecular weight is 629 g/mol. The van der Waals surface area contributed by atoms with E-state index < -0.39 is 59.7 Å². The standard InChI is InChI=1S/C26H24ClF3N4O5S2/c1-14-2-9-20-21(10-14)32-25(31-20)22(33-40(36,37)17-7-8-19(27)18(12-17)26(28,29)30)11-15-3-5-16(6-4-15)23-13-24(35)34-41(23,38)39/h2-10,12,22-23,33,38-39H,11,13H2,1H3,(H,31,32)(H,34,35)/t22-,23?/m0/s1. The number of alkyl halides is 3. The molecule has 5 rings (SSSR count). The summed E-state index contributed by atoms with van der Waals surface area (Å²) in [6.07, 6.45) is -4.91. The smallest absolute Gasteiger partial charge is 0.341 e. The van der Waals surface area contributed by atoms with Crippen LogP contribution in [0.4, 0.5) is 13.2 Å². The molecule has 0 saturated carbocycles. The van der Waals surface area contributed by atoms with Crippen LogP contribution in [0, 0.1) is 6.92 Å². The van der Waals surface area contributed by atoms with Crippen LogP contribution in [0.25, 0.3) is 11.0 Å². The molecule has 0 radical (unpaired) electrons. The number of benzene rings is 3. The van der Waals surface area contributed by atoms with E-state index in [1.165, 1.54) is 0 Å². The number of fused-ring (bicyclic) bond motifs is 1. The molecule has 4 aromatic rings. The number of H-pyrrole nitrogens is 1. The van der Waals surface area contributed by atoms with Gasteiger partial charge in [-0.15, -0.1) is 10.8 Å². The number of carbonyl (C=O) groups is 1. The number of hydrogen-bond acceptors (Lipinski definition) is 6. The summed E-state index contributed by atoms with van der Waals surface area (Å²) in [4.78, 5) is 18.7. The van der Waals surface area contributed by atoms with Crippen LogP contribution in [0.15, 0.2) is 65.6 Å². The number of carbonyl (C=O) groups excluding carboxylic acids is 1. The first-order chi connectivity index (χ1) is 19.1. The van der Waals surface area contributed by atoms with Gasteiger partial charge >= 0.3 is 6.18 Å². The number of aryl methyl sites for hydroxylation is 1. The van der Waals surface area contributed by atoms with Crippen molar-refractivity contribution >= 4 is 49.3 Å². The second-order valence-corrected chi connectivity index (χ2v) is 13.8. The first kappa shape index (κ1) is 29.4. The molecule has 41 heavy (non-hydrogen) atoms. The van der Waals surface area contributed by atoms with E-state index in [4.69, 9.17) is 11.6 Å². The largest absolute Gasteiger partial charge is 0.417 e. The average Bonchev–Trinajstić information content (AvgIpc) is 3.42. The van der Waals surface area contributed by atoms with Gasteiger partial charge in [-0.2, -0.15) is 13.2 Å². The van der Waals surface area contributed by atoms with Gasteiger partial charge < -0.3 is 4.98 Å². The molecule has 1 amide bonds. The minimum absolute atomic E-state index is 0.0378. The van der Waals surface area contributed by atoms with E-state index >= 15 is 0 Å².